The lowest BCUT2D eigenvalue weighted by atomic mass is 10.0. The molecule has 0 bridgehead atoms. The van der Waals surface area contributed by atoms with Gasteiger partial charge in [-0.25, -0.2) is 0 Å². The van der Waals surface area contributed by atoms with Crippen molar-refractivity contribution < 1.29 is 14.7 Å². The number of carbonyl (C=O) groups excluding carboxylic acids is 1. The Bertz CT molecular complexity index is 931. The van der Waals surface area contributed by atoms with Crippen molar-refractivity contribution in [2.24, 2.45) is 0 Å². The van der Waals surface area contributed by atoms with Crippen LogP contribution in [-0.2, 0) is 11.2 Å². The summed E-state index contributed by atoms with van der Waals surface area (Å²) in [6, 6.07) is 11.9. The van der Waals surface area contributed by atoms with Crippen LogP contribution in [0.5, 0.6) is 0 Å². The first-order chi connectivity index (χ1) is 11.0. The van der Waals surface area contributed by atoms with Crippen molar-refractivity contribution in [3.8, 4) is 0 Å². The molecule has 3 aromatic rings. The summed E-state index contributed by atoms with van der Waals surface area (Å²) in [6.07, 6.45) is -0.261. The molecule has 23 heavy (non-hydrogen) atoms. The fourth-order valence-corrected chi connectivity index (χ4v) is 2.93. The third-order valence-electron chi connectivity index (χ3n) is 3.56. The number of aromatic amines is 1. The van der Waals surface area contributed by atoms with Gasteiger partial charge < -0.3 is 10.1 Å². The topological polar surface area (TPSA) is 70.2 Å². The number of H-pyrrole nitrogens is 1. The molecule has 1 heterocycles. The first-order valence-corrected chi connectivity index (χ1v) is 7.54. The number of carbonyl (C=O) groups is 2. The summed E-state index contributed by atoms with van der Waals surface area (Å²) in [6.45, 7) is 0. The lowest BCUT2D eigenvalue weighted by Crippen LogP contribution is -2.09. The molecule has 2 aromatic carbocycles. The summed E-state index contributed by atoms with van der Waals surface area (Å²) in [5.74, 6) is -1.40. The summed E-state index contributed by atoms with van der Waals surface area (Å²) in [5.41, 5.74) is 1.59. The van der Waals surface area contributed by atoms with E-state index in [1.54, 1.807) is 36.4 Å². The molecule has 0 aliphatic carbocycles. The molecule has 1 aromatic heterocycles. The van der Waals surface area contributed by atoms with Gasteiger partial charge in [0.2, 0.25) is 5.78 Å². The third-order valence-corrected chi connectivity index (χ3v) is 4.38. The number of nitrogens with one attached hydrogen (secondary N) is 1. The van der Waals surface area contributed by atoms with Crippen LogP contribution in [0, 0.1) is 0 Å². The van der Waals surface area contributed by atoms with Crippen LogP contribution in [0.1, 0.15) is 21.6 Å². The minimum absolute atomic E-state index is 0.152. The van der Waals surface area contributed by atoms with Crippen LogP contribution >= 0.6 is 23.2 Å². The van der Waals surface area contributed by atoms with E-state index in [-0.39, 0.29) is 33.5 Å². The predicted molar refractivity (Wildman–Crippen MR) is 89.5 cm³/mol. The normalized spacial score (nSPS) is 10.9. The number of aliphatic carboxylic acids is 1. The third kappa shape index (κ3) is 2.83. The highest BCUT2D eigenvalue weighted by atomic mass is 35.5. The Kier molecular flexibility index (Phi) is 4.11. The zero-order valence-electron chi connectivity index (χ0n) is 11.8. The summed E-state index contributed by atoms with van der Waals surface area (Å²) in [4.78, 5) is 27.0. The first kappa shape index (κ1) is 15.6. The molecule has 2 N–H and O–H groups in total. The van der Waals surface area contributed by atoms with Crippen molar-refractivity contribution in [3.05, 3.63) is 69.3 Å². The van der Waals surface area contributed by atoms with Gasteiger partial charge in [-0.15, -0.1) is 0 Å². The molecular formula is C17H11Cl2NO3. The predicted octanol–water partition coefficient (Wildman–Crippen LogP) is 4.33. The molecule has 0 spiro atoms. The van der Waals surface area contributed by atoms with E-state index >= 15 is 0 Å². The van der Waals surface area contributed by atoms with Crippen molar-refractivity contribution in [1.29, 1.82) is 0 Å². The maximum Gasteiger partial charge on any atom is 0.307 e. The lowest BCUT2D eigenvalue weighted by Gasteiger charge is -2.05. The van der Waals surface area contributed by atoms with Crippen molar-refractivity contribution in [1.82, 2.24) is 4.98 Å². The number of carboxylic acid groups (broad SMARTS) is 1. The van der Waals surface area contributed by atoms with Gasteiger partial charge in [0.15, 0.2) is 0 Å². The Balaban J connectivity index is 2.20. The fourth-order valence-electron chi connectivity index (χ4n) is 2.54. The number of hydrogen-bond acceptors (Lipinski definition) is 2. The second-order valence-corrected chi connectivity index (χ2v) is 5.81. The second kappa shape index (κ2) is 6.07. The molecule has 0 aliphatic heterocycles. The monoisotopic (exact) mass is 347 g/mol. The average molecular weight is 348 g/mol. The number of para-hydroxylation sites is 1. The first-order valence-electron chi connectivity index (χ1n) is 6.79. The number of benzene rings is 2. The van der Waals surface area contributed by atoms with Gasteiger partial charge in [0, 0.05) is 22.0 Å². The van der Waals surface area contributed by atoms with E-state index in [1.165, 1.54) is 0 Å². The van der Waals surface area contributed by atoms with Crippen LogP contribution in [0.25, 0.3) is 10.9 Å². The molecule has 0 unspecified atom stereocenters. The van der Waals surface area contributed by atoms with Gasteiger partial charge >= 0.3 is 5.97 Å². The Hall–Kier alpha value is -2.30. The largest absolute Gasteiger partial charge is 0.481 e. The summed E-state index contributed by atoms with van der Waals surface area (Å²) >= 11 is 12.1. The van der Waals surface area contributed by atoms with Crippen LogP contribution in [-0.4, -0.2) is 21.8 Å². The van der Waals surface area contributed by atoms with E-state index in [2.05, 4.69) is 4.98 Å². The highest BCUT2D eigenvalue weighted by molar-refractivity contribution is 6.44. The average Bonchev–Trinajstić information content (AvgIpc) is 2.88. The molecule has 0 fully saturated rings. The Morgan fingerprint density at radius 3 is 2.52 bits per heavy atom. The van der Waals surface area contributed by atoms with Crippen LogP contribution in [0.4, 0.5) is 0 Å². The number of ketones is 1. The number of carboxylic acids is 1. The van der Waals surface area contributed by atoms with Crippen LogP contribution in [0.3, 0.4) is 0 Å². The minimum atomic E-state index is -1.01. The molecule has 0 aliphatic rings. The van der Waals surface area contributed by atoms with Gasteiger partial charge in [0.25, 0.3) is 0 Å². The molecular weight excluding hydrogens is 337 g/mol. The Labute approximate surface area is 141 Å². The summed E-state index contributed by atoms with van der Waals surface area (Å²) < 4.78 is 0. The molecule has 0 atom stereocenters. The van der Waals surface area contributed by atoms with Gasteiger partial charge in [-0.1, -0.05) is 47.5 Å². The highest BCUT2D eigenvalue weighted by Crippen LogP contribution is 2.30. The Morgan fingerprint density at radius 1 is 1.04 bits per heavy atom. The van der Waals surface area contributed by atoms with E-state index in [0.29, 0.717) is 16.5 Å². The molecule has 0 amide bonds. The van der Waals surface area contributed by atoms with Crippen LogP contribution < -0.4 is 0 Å². The van der Waals surface area contributed by atoms with Gasteiger partial charge in [0.1, 0.15) is 0 Å². The number of rotatable bonds is 4. The van der Waals surface area contributed by atoms with Crippen molar-refractivity contribution in [3.63, 3.8) is 0 Å². The maximum atomic E-state index is 12.8. The van der Waals surface area contributed by atoms with Gasteiger partial charge in [-0.3, -0.25) is 9.59 Å². The van der Waals surface area contributed by atoms with Crippen LogP contribution in [0.2, 0.25) is 10.0 Å². The zero-order valence-corrected chi connectivity index (χ0v) is 13.3. The smallest absolute Gasteiger partial charge is 0.307 e. The standard InChI is InChI=1S/C17H11Cl2NO3/c18-12-6-3-5-10(15(12)19)17(23)16-11(8-14(21)22)9-4-1-2-7-13(9)20-16/h1-7,20H,8H2,(H,21,22). The number of fused-ring (bicyclic) bond motifs is 1. The molecule has 4 nitrogen and oxygen atoms in total. The quantitative estimate of drug-likeness (QED) is 0.690. The van der Waals surface area contributed by atoms with Crippen molar-refractivity contribution in [2.75, 3.05) is 0 Å². The lowest BCUT2D eigenvalue weighted by molar-refractivity contribution is -0.136. The zero-order chi connectivity index (χ0) is 16.6. The fraction of sp³-hybridized carbons (Fsp3) is 0.0588. The van der Waals surface area contributed by atoms with Gasteiger partial charge in [-0.05, 0) is 18.2 Å². The second-order valence-electron chi connectivity index (χ2n) is 5.03. The Morgan fingerprint density at radius 2 is 1.78 bits per heavy atom. The van der Waals surface area contributed by atoms with E-state index in [4.69, 9.17) is 28.3 Å². The van der Waals surface area contributed by atoms with E-state index < -0.39 is 5.97 Å². The minimum Gasteiger partial charge on any atom is -0.481 e. The SMILES string of the molecule is O=C(O)Cc1c(C(=O)c2cccc(Cl)c2Cl)[nH]c2ccccc12. The number of hydrogen-bond donors (Lipinski definition) is 2. The van der Waals surface area contributed by atoms with E-state index in [0.717, 1.165) is 0 Å². The van der Waals surface area contributed by atoms with Crippen LogP contribution in [0.15, 0.2) is 42.5 Å². The van der Waals surface area contributed by atoms with Crippen molar-refractivity contribution in [2.45, 2.75) is 6.42 Å². The number of aromatic nitrogens is 1. The summed E-state index contributed by atoms with van der Waals surface area (Å²) in [5, 5.41) is 10.3. The van der Waals surface area contributed by atoms with Gasteiger partial charge in [0.05, 0.1) is 22.2 Å². The molecule has 0 radical (unpaired) electrons. The maximum absolute atomic E-state index is 12.8. The molecule has 0 saturated heterocycles. The van der Waals surface area contributed by atoms with E-state index in [9.17, 15) is 9.59 Å². The molecule has 0 saturated carbocycles. The highest BCUT2D eigenvalue weighted by Gasteiger charge is 2.23. The van der Waals surface area contributed by atoms with Gasteiger partial charge in [-0.2, -0.15) is 0 Å². The summed E-state index contributed by atoms with van der Waals surface area (Å²) in [7, 11) is 0. The van der Waals surface area contributed by atoms with Crippen molar-refractivity contribution >= 4 is 45.9 Å². The molecule has 3 rings (SSSR count). The number of halogens is 2. The molecule has 116 valence electrons. The molecule has 6 heteroatoms. The van der Waals surface area contributed by atoms with E-state index in [1.807, 2.05) is 6.07 Å².